The van der Waals surface area contributed by atoms with Crippen LogP contribution in [0.5, 0.6) is 0 Å². The van der Waals surface area contributed by atoms with E-state index >= 15 is 0 Å². The minimum atomic E-state index is 0.0740. The van der Waals surface area contributed by atoms with Gasteiger partial charge in [0.05, 0.1) is 22.1 Å². The molecular formula is C18H14N2OS. The zero-order valence-electron chi connectivity index (χ0n) is 12.1. The third-order valence-corrected chi connectivity index (χ3v) is 4.84. The van der Waals surface area contributed by atoms with Crippen LogP contribution in [-0.4, -0.2) is 8.94 Å². The molecule has 3 nitrogen and oxygen atoms in total. The summed E-state index contributed by atoms with van der Waals surface area (Å²) < 4.78 is 2.82. The molecular weight excluding hydrogens is 292 g/mol. The lowest BCUT2D eigenvalue weighted by Crippen LogP contribution is -2.13. The summed E-state index contributed by atoms with van der Waals surface area (Å²) in [6.45, 7) is 2.64. The maximum absolute atomic E-state index is 12.4. The van der Waals surface area contributed by atoms with Crippen LogP contribution in [0, 0.1) is 6.92 Å². The van der Waals surface area contributed by atoms with Crippen LogP contribution in [0.3, 0.4) is 0 Å². The third kappa shape index (κ3) is 2.22. The van der Waals surface area contributed by atoms with Gasteiger partial charge in [-0.1, -0.05) is 35.3 Å². The van der Waals surface area contributed by atoms with Crippen LogP contribution in [0.4, 0.5) is 0 Å². The van der Waals surface area contributed by atoms with Crippen LogP contribution in [0.2, 0.25) is 0 Å². The van der Waals surface area contributed by atoms with Crippen LogP contribution < -0.4 is 5.56 Å². The highest BCUT2D eigenvalue weighted by Gasteiger charge is 2.08. The number of rotatable bonds is 2. The molecule has 0 amide bonds. The molecule has 108 valence electrons. The Hall–Kier alpha value is -2.46. The summed E-state index contributed by atoms with van der Waals surface area (Å²) in [5.74, 6) is 0. The molecule has 0 aliphatic rings. The Morgan fingerprint density at radius 1 is 1.14 bits per heavy atom. The number of hydrogen-bond acceptors (Lipinski definition) is 3. The number of benzene rings is 2. The zero-order valence-corrected chi connectivity index (χ0v) is 12.9. The van der Waals surface area contributed by atoms with Gasteiger partial charge >= 0.3 is 0 Å². The van der Waals surface area contributed by atoms with Crippen molar-refractivity contribution in [3.05, 3.63) is 76.2 Å². The highest BCUT2D eigenvalue weighted by atomic mass is 32.1. The number of hydrogen-bond donors (Lipinski definition) is 0. The second-order valence-electron chi connectivity index (χ2n) is 5.47. The van der Waals surface area contributed by atoms with Crippen LogP contribution >= 0.6 is 11.5 Å². The van der Waals surface area contributed by atoms with Crippen molar-refractivity contribution in [2.75, 3.05) is 0 Å². The number of aryl methyl sites for hydroxylation is 1. The topological polar surface area (TPSA) is 34.9 Å². The molecule has 0 unspecified atom stereocenters. The summed E-state index contributed by atoms with van der Waals surface area (Å²) in [6, 6.07) is 16.1. The van der Waals surface area contributed by atoms with Gasteiger partial charge in [-0.15, -0.1) is 0 Å². The van der Waals surface area contributed by atoms with Crippen molar-refractivity contribution in [1.29, 1.82) is 0 Å². The molecule has 0 bridgehead atoms. The molecule has 4 heteroatoms. The van der Waals surface area contributed by atoms with E-state index in [0.29, 0.717) is 6.54 Å². The van der Waals surface area contributed by atoms with Gasteiger partial charge in [-0.05, 0) is 42.8 Å². The van der Waals surface area contributed by atoms with Gasteiger partial charge in [-0.3, -0.25) is 13.7 Å². The Kier molecular flexibility index (Phi) is 3.05. The van der Waals surface area contributed by atoms with Crippen molar-refractivity contribution in [3.8, 4) is 0 Å². The Balaban J connectivity index is 1.78. The average Bonchev–Trinajstić information content (AvgIpc) is 2.84. The fourth-order valence-electron chi connectivity index (χ4n) is 2.67. The normalized spacial score (nSPS) is 11.3. The molecule has 0 fully saturated rings. The molecule has 0 aliphatic carbocycles. The molecule has 0 radical (unpaired) electrons. The van der Waals surface area contributed by atoms with Crippen LogP contribution in [0.25, 0.3) is 21.0 Å². The van der Waals surface area contributed by atoms with Gasteiger partial charge in [0, 0.05) is 11.6 Å². The van der Waals surface area contributed by atoms with Crippen LogP contribution in [-0.2, 0) is 6.54 Å². The van der Waals surface area contributed by atoms with Gasteiger partial charge in [0.1, 0.15) is 0 Å². The van der Waals surface area contributed by atoms with E-state index < -0.39 is 0 Å². The Labute approximate surface area is 131 Å². The van der Waals surface area contributed by atoms with E-state index in [0.717, 1.165) is 26.6 Å². The standard InChI is InChI=1S/C18H14N2OS/c1-12-6-7-16-14(8-12)9-13(10-19-16)11-20-18(21)15-4-2-3-5-17(15)22-20/h2-10H,11H2,1H3. The predicted molar refractivity (Wildman–Crippen MR) is 91.7 cm³/mol. The molecule has 0 atom stereocenters. The summed E-state index contributed by atoms with van der Waals surface area (Å²) in [7, 11) is 0. The molecule has 22 heavy (non-hydrogen) atoms. The van der Waals surface area contributed by atoms with E-state index in [-0.39, 0.29) is 5.56 Å². The van der Waals surface area contributed by atoms with Crippen molar-refractivity contribution in [2.45, 2.75) is 13.5 Å². The molecule has 0 saturated heterocycles. The van der Waals surface area contributed by atoms with Gasteiger partial charge in [0.2, 0.25) is 0 Å². The van der Waals surface area contributed by atoms with E-state index in [2.05, 4.69) is 30.1 Å². The predicted octanol–water partition coefficient (Wildman–Crippen LogP) is 3.97. The highest BCUT2D eigenvalue weighted by molar-refractivity contribution is 7.13. The number of fused-ring (bicyclic) bond motifs is 2. The first kappa shape index (κ1) is 13.2. The van der Waals surface area contributed by atoms with E-state index in [9.17, 15) is 4.79 Å². The molecule has 2 heterocycles. The minimum Gasteiger partial charge on any atom is -0.268 e. The highest BCUT2D eigenvalue weighted by Crippen LogP contribution is 2.19. The third-order valence-electron chi connectivity index (χ3n) is 3.77. The number of nitrogens with zero attached hydrogens (tertiary/aromatic N) is 2. The lowest BCUT2D eigenvalue weighted by Gasteiger charge is -2.04. The number of pyridine rings is 1. The average molecular weight is 306 g/mol. The molecule has 0 spiro atoms. The molecule has 2 aromatic carbocycles. The molecule has 4 aromatic rings. The van der Waals surface area contributed by atoms with Gasteiger partial charge in [-0.25, -0.2) is 0 Å². The van der Waals surface area contributed by atoms with Crippen LogP contribution in [0.15, 0.2) is 59.5 Å². The van der Waals surface area contributed by atoms with Gasteiger partial charge in [0.25, 0.3) is 5.56 Å². The summed E-state index contributed by atoms with van der Waals surface area (Å²) in [6.07, 6.45) is 1.86. The molecule has 0 N–H and O–H groups in total. The van der Waals surface area contributed by atoms with Gasteiger partial charge < -0.3 is 0 Å². The van der Waals surface area contributed by atoms with E-state index in [1.54, 1.807) is 3.96 Å². The molecule has 2 aromatic heterocycles. The fourth-order valence-corrected chi connectivity index (χ4v) is 3.70. The molecule has 4 rings (SSSR count). The second-order valence-corrected chi connectivity index (χ2v) is 6.53. The van der Waals surface area contributed by atoms with E-state index in [1.807, 2.05) is 36.5 Å². The fraction of sp³-hybridized carbons (Fsp3) is 0.111. The van der Waals surface area contributed by atoms with Crippen molar-refractivity contribution < 1.29 is 0 Å². The largest absolute Gasteiger partial charge is 0.268 e. The monoisotopic (exact) mass is 306 g/mol. The zero-order chi connectivity index (χ0) is 15.1. The smallest absolute Gasteiger partial charge is 0.268 e. The maximum Gasteiger partial charge on any atom is 0.268 e. The van der Waals surface area contributed by atoms with Crippen molar-refractivity contribution >= 4 is 32.5 Å². The van der Waals surface area contributed by atoms with E-state index in [4.69, 9.17) is 0 Å². The Bertz CT molecular complexity index is 1050. The Morgan fingerprint density at radius 2 is 2.00 bits per heavy atom. The quantitative estimate of drug-likeness (QED) is 0.562. The minimum absolute atomic E-state index is 0.0740. The summed E-state index contributed by atoms with van der Waals surface area (Å²) in [5.41, 5.74) is 3.32. The van der Waals surface area contributed by atoms with Crippen molar-refractivity contribution in [1.82, 2.24) is 8.94 Å². The first-order valence-corrected chi connectivity index (χ1v) is 7.92. The van der Waals surface area contributed by atoms with Gasteiger partial charge in [-0.2, -0.15) is 0 Å². The molecule has 0 saturated carbocycles. The van der Waals surface area contributed by atoms with Crippen molar-refractivity contribution in [2.24, 2.45) is 0 Å². The summed E-state index contributed by atoms with van der Waals surface area (Å²) >= 11 is 1.50. The Morgan fingerprint density at radius 3 is 2.86 bits per heavy atom. The SMILES string of the molecule is Cc1ccc2ncc(Cn3sc4ccccc4c3=O)cc2c1. The van der Waals surface area contributed by atoms with Gasteiger partial charge in [0.15, 0.2) is 0 Å². The first-order chi connectivity index (χ1) is 10.7. The molecule has 0 aliphatic heterocycles. The lowest BCUT2D eigenvalue weighted by molar-refractivity contribution is 0.851. The lowest BCUT2D eigenvalue weighted by atomic mass is 10.1. The first-order valence-electron chi connectivity index (χ1n) is 7.15. The number of aromatic nitrogens is 2. The van der Waals surface area contributed by atoms with Crippen LogP contribution in [0.1, 0.15) is 11.1 Å². The maximum atomic E-state index is 12.4. The summed E-state index contributed by atoms with van der Waals surface area (Å²) in [5, 5.41) is 1.91. The summed E-state index contributed by atoms with van der Waals surface area (Å²) in [4.78, 5) is 16.9. The van der Waals surface area contributed by atoms with E-state index in [1.165, 1.54) is 17.1 Å². The van der Waals surface area contributed by atoms with Crippen molar-refractivity contribution in [3.63, 3.8) is 0 Å². The second kappa shape index (κ2) is 5.07.